The van der Waals surface area contributed by atoms with Crippen molar-refractivity contribution in [3.63, 3.8) is 0 Å². The van der Waals surface area contributed by atoms with Gasteiger partial charge in [-0.25, -0.2) is 10.0 Å². The Morgan fingerprint density at radius 3 is 1.88 bits per heavy atom. The van der Waals surface area contributed by atoms with Crippen molar-refractivity contribution in [1.29, 1.82) is 0 Å². The fourth-order valence-electron chi connectivity index (χ4n) is 2.74. The Balaban J connectivity index is 5.25. The van der Waals surface area contributed by atoms with Crippen molar-refractivity contribution >= 4 is 28.7 Å². The Hall–Kier alpha value is 0.797. The minimum atomic E-state index is -2.08. The Kier molecular flexibility index (Phi) is 9.63. The Labute approximate surface area is 163 Å². The highest BCUT2D eigenvalue weighted by molar-refractivity contribution is 8.33. The van der Waals surface area contributed by atoms with Crippen molar-refractivity contribution in [2.75, 3.05) is 43.1 Å². The van der Waals surface area contributed by atoms with Crippen LogP contribution >= 0.6 is 20.3 Å². The second kappa shape index (κ2) is 9.33. The molecule has 2 N–H and O–H groups in total. The summed E-state index contributed by atoms with van der Waals surface area (Å²) in [6.45, 7) is 16.7. The Morgan fingerprint density at radius 1 is 0.920 bits per heavy atom. The third-order valence-electron chi connectivity index (χ3n) is 5.56. The molecule has 0 aromatic rings. The molecule has 0 bridgehead atoms. The van der Waals surface area contributed by atoms with Crippen molar-refractivity contribution in [3.8, 4) is 0 Å². The van der Waals surface area contributed by atoms with E-state index in [9.17, 15) is 0 Å². The normalized spacial score (nSPS) is 16.2. The lowest BCUT2D eigenvalue weighted by molar-refractivity contribution is 0.123. The molecule has 0 aliphatic heterocycles. The van der Waals surface area contributed by atoms with Gasteiger partial charge in [-0.2, -0.15) is 0 Å². The molecule has 0 spiro atoms. The lowest BCUT2D eigenvalue weighted by atomic mass is 10.4. The highest BCUT2D eigenvalue weighted by Crippen LogP contribution is 2.56. The number of hydrogen-bond donors (Lipinski definition) is 1. The smallest absolute Gasteiger partial charge is 0.220 e. The molecule has 0 amide bonds. The maximum Gasteiger partial charge on any atom is 0.220 e. The van der Waals surface area contributed by atoms with Gasteiger partial charge in [-0.05, 0) is 96.7 Å². The van der Waals surface area contributed by atoms with Gasteiger partial charge in [0.2, 0.25) is 8.32 Å². The van der Waals surface area contributed by atoms with Crippen molar-refractivity contribution in [2.24, 2.45) is 5.73 Å². The maximum absolute atomic E-state index is 6.93. The zero-order chi connectivity index (χ0) is 20.2. The van der Waals surface area contributed by atoms with Gasteiger partial charge in [0, 0.05) is 0 Å². The van der Waals surface area contributed by atoms with E-state index in [2.05, 4.69) is 72.7 Å². The minimum Gasteiger partial charge on any atom is -0.402 e. The first-order chi connectivity index (χ1) is 11.0. The minimum absolute atomic E-state index is 0.124. The summed E-state index contributed by atoms with van der Waals surface area (Å²) in [5.41, 5.74) is 5.75. The number of rotatable bonds is 12. The molecule has 25 heavy (non-hydrogen) atoms. The second-order valence-electron chi connectivity index (χ2n) is 9.48. The van der Waals surface area contributed by atoms with E-state index in [1.807, 2.05) is 0 Å². The molecule has 0 aromatic heterocycles. The van der Waals surface area contributed by atoms with E-state index in [0.717, 1.165) is 18.7 Å². The summed E-state index contributed by atoms with van der Waals surface area (Å²) in [6.07, 6.45) is 12.9. The van der Waals surface area contributed by atoms with Gasteiger partial charge in [-0.15, -0.1) is 10.3 Å². The molecule has 0 atom stereocenters. The van der Waals surface area contributed by atoms with Gasteiger partial charge in [0.15, 0.2) is 0 Å². The van der Waals surface area contributed by atoms with Crippen molar-refractivity contribution in [1.82, 2.24) is 0 Å². The van der Waals surface area contributed by atoms with E-state index in [1.165, 1.54) is 18.6 Å². The van der Waals surface area contributed by atoms with E-state index in [1.54, 1.807) is 0 Å². The van der Waals surface area contributed by atoms with E-state index < -0.39 is 28.7 Å². The van der Waals surface area contributed by atoms with Crippen molar-refractivity contribution in [2.45, 2.75) is 77.1 Å². The highest BCUT2D eigenvalue weighted by Gasteiger charge is 2.49. The molecule has 0 aliphatic rings. The SMILES string of the molecule is CCCCS(C)(C)OC(C)(C)[Si](C)(C)OC(C)(C)S(C)(C)CCCN. The summed E-state index contributed by atoms with van der Waals surface area (Å²) in [4.78, 5) is -0.124. The number of unbranched alkanes of at least 4 members (excludes halogenated alkanes) is 1. The van der Waals surface area contributed by atoms with E-state index in [-0.39, 0.29) is 10.2 Å². The zero-order valence-corrected chi connectivity index (χ0v) is 21.6. The van der Waals surface area contributed by atoms with Gasteiger partial charge in [-0.1, -0.05) is 13.3 Å². The van der Waals surface area contributed by atoms with Crippen LogP contribution in [0.4, 0.5) is 0 Å². The van der Waals surface area contributed by atoms with Gasteiger partial charge in [0.05, 0.1) is 10.2 Å². The molecule has 0 aliphatic carbocycles. The van der Waals surface area contributed by atoms with Gasteiger partial charge in [0.1, 0.15) is 0 Å². The first kappa shape index (κ1) is 25.8. The van der Waals surface area contributed by atoms with Crippen LogP contribution in [0.1, 0.15) is 53.9 Å². The van der Waals surface area contributed by atoms with Crippen LogP contribution in [-0.4, -0.2) is 61.5 Å². The largest absolute Gasteiger partial charge is 0.402 e. The van der Waals surface area contributed by atoms with Gasteiger partial charge in [-0.3, -0.25) is 0 Å². The molecule has 0 heterocycles. The Morgan fingerprint density at radius 2 is 1.44 bits per heavy atom. The standard InChI is InChI=1S/C19H47NO2S2Si/c1-12-13-17-24(8,9)21-19(4,5)25(10,11)22-18(2,3)23(6,7)16-14-15-20/h12-17,20H2,1-11H3. The molecule has 0 saturated heterocycles. The molecular formula is C19H47NO2S2Si. The molecule has 0 radical (unpaired) electrons. The number of hydrogen-bond acceptors (Lipinski definition) is 3. The lowest BCUT2D eigenvalue weighted by Gasteiger charge is -2.54. The van der Waals surface area contributed by atoms with Crippen LogP contribution in [0, 0.1) is 0 Å². The van der Waals surface area contributed by atoms with Gasteiger partial charge >= 0.3 is 0 Å². The van der Waals surface area contributed by atoms with Crippen LogP contribution in [-0.2, 0) is 8.61 Å². The van der Waals surface area contributed by atoms with E-state index in [4.69, 9.17) is 14.3 Å². The molecule has 0 fully saturated rings. The van der Waals surface area contributed by atoms with Crippen LogP contribution < -0.4 is 5.73 Å². The molecule has 6 heteroatoms. The third-order valence-corrected chi connectivity index (χ3v) is 16.1. The van der Waals surface area contributed by atoms with Crippen LogP contribution in [0.2, 0.25) is 13.1 Å². The molecule has 0 rings (SSSR count). The molecule has 0 aromatic carbocycles. The summed E-state index contributed by atoms with van der Waals surface area (Å²) in [5.74, 6) is 2.34. The summed E-state index contributed by atoms with van der Waals surface area (Å²) < 4.78 is 13.7. The maximum atomic E-state index is 6.93. The van der Waals surface area contributed by atoms with Crippen LogP contribution in [0.15, 0.2) is 0 Å². The summed E-state index contributed by atoms with van der Waals surface area (Å²) in [6, 6.07) is 0. The van der Waals surface area contributed by atoms with Crippen molar-refractivity contribution < 1.29 is 8.61 Å². The summed E-state index contributed by atoms with van der Waals surface area (Å²) in [5, 5.41) is -0.208. The quantitative estimate of drug-likeness (QED) is 0.431. The van der Waals surface area contributed by atoms with Crippen LogP contribution in [0.25, 0.3) is 0 Å². The fourth-order valence-corrected chi connectivity index (χ4v) is 10.8. The second-order valence-corrected chi connectivity index (χ2v) is 21.8. The fraction of sp³-hybridized carbons (Fsp3) is 1.00. The predicted molar refractivity (Wildman–Crippen MR) is 125 cm³/mol. The first-order valence-corrected chi connectivity index (χ1v) is 17.6. The molecular weight excluding hydrogens is 366 g/mol. The van der Waals surface area contributed by atoms with Gasteiger partial charge in [0.25, 0.3) is 0 Å². The molecule has 156 valence electrons. The number of nitrogens with two attached hydrogens (primary N) is 1. The first-order valence-electron chi connectivity index (χ1n) is 9.56. The average Bonchev–Trinajstić information content (AvgIpc) is 2.40. The monoisotopic (exact) mass is 413 g/mol. The van der Waals surface area contributed by atoms with Crippen LogP contribution in [0.3, 0.4) is 0 Å². The topological polar surface area (TPSA) is 44.5 Å². The van der Waals surface area contributed by atoms with Crippen molar-refractivity contribution in [3.05, 3.63) is 0 Å². The lowest BCUT2D eigenvalue weighted by Crippen LogP contribution is -2.58. The zero-order valence-electron chi connectivity index (χ0n) is 19.0. The van der Waals surface area contributed by atoms with Crippen LogP contribution in [0.5, 0.6) is 0 Å². The molecule has 0 unspecified atom stereocenters. The Bertz CT molecular complexity index is 410. The highest BCUT2D eigenvalue weighted by atomic mass is 32.3. The van der Waals surface area contributed by atoms with E-state index in [0.29, 0.717) is 0 Å². The molecule has 3 nitrogen and oxygen atoms in total. The summed E-state index contributed by atoms with van der Waals surface area (Å²) in [7, 11) is -4.01. The van der Waals surface area contributed by atoms with E-state index >= 15 is 0 Å². The third kappa shape index (κ3) is 7.74. The summed E-state index contributed by atoms with van der Waals surface area (Å²) >= 11 is 0. The van der Waals surface area contributed by atoms with Gasteiger partial charge < -0.3 is 14.3 Å². The average molecular weight is 414 g/mol. The molecule has 0 saturated carbocycles. The predicted octanol–water partition coefficient (Wildman–Crippen LogP) is 5.47.